The fourth-order valence-corrected chi connectivity index (χ4v) is 3.42. The van der Waals surface area contributed by atoms with E-state index in [1.807, 2.05) is 31.3 Å². The maximum absolute atomic E-state index is 13.0. The molecule has 0 unspecified atom stereocenters. The molecule has 25 heavy (non-hydrogen) atoms. The molecule has 0 bridgehead atoms. The van der Waals surface area contributed by atoms with E-state index in [0.29, 0.717) is 18.2 Å². The number of pyridine rings is 1. The number of nitrogens with zero attached hydrogens (tertiary/aromatic N) is 3. The van der Waals surface area contributed by atoms with Crippen molar-refractivity contribution in [2.45, 2.75) is 20.4 Å². The fourth-order valence-electron chi connectivity index (χ4n) is 3.42. The summed E-state index contributed by atoms with van der Waals surface area (Å²) >= 11 is 0. The molecular formula is C19H23N3O3. The van der Waals surface area contributed by atoms with Gasteiger partial charge in [-0.2, -0.15) is 0 Å². The van der Waals surface area contributed by atoms with Gasteiger partial charge < -0.3 is 19.5 Å². The summed E-state index contributed by atoms with van der Waals surface area (Å²) in [6.45, 7) is 5.24. The highest BCUT2D eigenvalue weighted by Gasteiger charge is 2.26. The first-order valence-electron chi connectivity index (χ1n) is 8.38. The SMILES string of the molecule is Cc1cc(O)cc(=O)n1CC(=O)N1C[C@@H](C)CN(C)c2ccccc21. The monoisotopic (exact) mass is 341 g/mol. The molecular weight excluding hydrogens is 318 g/mol. The number of para-hydroxylation sites is 2. The van der Waals surface area contributed by atoms with E-state index < -0.39 is 0 Å². The Morgan fingerprint density at radius 1 is 1.20 bits per heavy atom. The van der Waals surface area contributed by atoms with E-state index in [1.165, 1.54) is 10.6 Å². The van der Waals surface area contributed by atoms with E-state index in [0.717, 1.165) is 24.0 Å². The number of benzene rings is 1. The maximum atomic E-state index is 13.0. The molecule has 3 rings (SSSR count). The lowest BCUT2D eigenvalue weighted by Gasteiger charge is -2.25. The van der Waals surface area contributed by atoms with Gasteiger partial charge in [-0.15, -0.1) is 0 Å². The minimum atomic E-state index is -0.376. The second-order valence-corrected chi connectivity index (χ2v) is 6.76. The van der Waals surface area contributed by atoms with E-state index >= 15 is 0 Å². The first kappa shape index (κ1) is 17.1. The van der Waals surface area contributed by atoms with Crippen LogP contribution in [0.3, 0.4) is 0 Å². The van der Waals surface area contributed by atoms with Gasteiger partial charge in [0.1, 0.15) is 12.3 Å². The van der Waals surface area contributed by atoms with Gasteiger partial charge in [0.25, 0.3) is 5.56 Å². The lowest BCUT2D eigenvalue weighted by atomic mass is 10.1. The van der Waals surface area contributed by atoms with E-state index in [2.05, 4.69) is 11.8 Å². The minimum absolute atomic E-state index is 0.0459. The molecule has 2 heterocycles. The Balaban J connectivity index is 1.96. The van der Waals surface area contributed by atoms with Crippen molar-refractivity contribution in [3.05, 3.63) is 52.4 Å². The van der Waals surface area contributed by atoms with E-state index in [4.69, 9.17) is 0 Å². The summed E-state index contributed by atoms with van der Waals surface area (Å²) in [6, 6.07) is 10.4. The normalized spacial score (nSPS) is 17.2. The van der Waals surface area contributed by atoms with Crippen LogP contribution in [0.25, 0.3) is 0 Å². The number of hydrogen-bond acceptors (Lipinski definition) is 4. The molecule has 0 fully saturated rings. The number of carbonyl (C=O) groups excluding carboxylic acids is 1. The molecule has 0 spiro atoms. The Morgan fingerprint density at radius 2 is 1.88 bits per heavy atom. The van der Waals surface area contributed by atoms with Gasteiger partial charge in [0.05, 0.1) is 11.4 Å². The molecule has 1 amide bonds. The number of aryl methyl sites for hydroxylation is 1. The number of carbonyl (C=O) groups is 1. The quantitative estimate of drug-likeness (QED) is 0.907. The Hall–Kier alpha value is -2.76. The number of hydrogen-bond donors (Lipinski definition) is 1. The smallest absolute Gasteiger partial charge is 0.254 e. The van der Waals surface area contributed by atoms with Crippen LogP contribution in [0.2, 0.25) is 0 Å². The lowest BCUT2D eigenvalue weighted by molar-refractivity contribution is -0.119. The second kappa shape index (κ2) is 6.63. The third-order valence-electron chi connectivity index (χ3n) is 4.58. The van der Waals surface area contributed by atoms with Gasteiger partial charge in [-0.25, -0.2) is 0 Å². The second-order valence-electron chi connectivity index (χ2n) is 6.76. The van der Waals surface area contributed by atoms with Gasteiger partial charge in [0, 0.05) is 31.9 Å². The highest BCUT2D eigenvalue weighted by Crippen LogP contribution is 2.32. The van der Waals surface area contributed by atoms with E-state index in [-0.39, 0.29) is 23.8 Å². The largest absolute Gasteiger partial charge is 0.508 e. The first-order valence-corrected chi connectivity index (χ1v) is 8.38. The number of aromatic hydroxyl groups is 1. The zero-order chi connectivity index (χ0) is 18.1. The van der Waals surface area contributed by atoms with Crippen molar-refractivity contribution in [3.8, 4) is 5.75 Å². The highest BCUT2D eigenvalue weighted by atomic mass is 16.3. The number of amides is 1. The summed E-state index contributed by atoms with van der Waals surface area (Å²) in [4.78, 5) is 29.1. The van der Waals surface area contributed by atoms with Crippen LogP contribution in [0, 0.1) is 12.8 Å². The van der Waals surface area contributed by atoms with Gasteiger partial charge in [-0.1, -0.05) is 19.1 Å². The van der Waals surface area contributed by atoms with Crippen LogP contribution < -0.4 is 15.4 Å². The van der Waals surface area contributed by atoms with Crippen molar-refractivity contribution in [2.75, 3.05) is 29.9 Å². The predicted molar refractivity (Wildman–Crippen MR) is 98.3 cm³/mol. The van der Waals surface area contributed by atoms with Crippen molar-refractivity contribution in [2.24, 2.45) is 5.92 Å². The molecule has 0 saturated carbocycles. The van der Waals surface area contributed by atoms with Crippen LogP contribution in [-0.2, 0) is 11.3 Å². The average Bonchev–Trinajstić information content (AvgIpc) is 2.67. The Kier molecular flexibility index (Phi) is 4.53. The predicted octanol–water partition coefficient (Wildman–Crippen LogP) is 1.98. The molecule has 0 radical (unpaired) electrons. The van der Waals surface area contributed by atoms with E-state index in [9.17, 15) is 14.7 Å². The molecule has 1 N–H and O–H groups in total. The van der Waals surface area contributed by atoms with Crippen molar-refractivity contribution < 1.29 is 9.90 Å². The van der Waals surface area contributed by atoms with Crippen LogP contribution in [-0.4, -0.2) is 35.7 Å². The number of aromatic nitrogens is 1. The zero-order valence-corrected chi connectivity index (χ0v) is 14.8. The lowest BCUT2D eigenvalue weighted by Crippen LogP contribution is -2.39. The third kappa shape index (κ3) is 3.38. The minimum Gasteiger partial charge on any atom is -0.508 e. The molecule has 1 aliphatic rings. The topological polar surface area (TPSA) is 65.8 Å². The van der Waals surface area contributed by atoms with Crippen molar-refractivity contribution in [3.63, 3.8) is 0 Å². The van der Waals surface area contributed by atoms with Crippen molar-refractivity contribution in [1.29, 1.82) is 0 Å². The van der Waals surface area contributed by atoms with Gasteiger partial charge in [-0.3, -0.25) is 9.59 Å². The third-order valence-corrected chi connectivity index (χ3v) is 4.58. The standard InChI is InChI=1S/C19H23N3O3/c1-13-10-20(3)16-6-4-5-7-17(16)22(11-13)19(25)12-21-14(2)8-15(23)9-18(21)24/h4-9,13,23H,10-12H2,1-3H3/t13-/m0/s1. The molecule has 2 aromatic rings. The van der Waals surface area contributed by atoms with Gasteiger partial charge >= 0.3 is 0 Å². The van der Waals surface area contributed by atoms with Crippen LogP contribution >= 0.6 is 0 Å². The Morgan fingerprint density at radius 3 is 2.56 bits per heavy atom. The maximum Gasteiger partial charge on any atom is 0.254 e. The average molecular weight is 341 g/mol. The van der Waals surface area contributed by atoms with Crippen LogP contribution in [0.1, 0.15) is 12.6 Å². The van der Waals surface area contributed by atoms with Crippen LogP contribution in [0.5, 0.6) is 5.75 Å². The van der Waals surface area contributed by atoms with Gasteiger partial charge in [0.15, 0.2) is 0 Å². The summed E-state index contributed by atoms with van der Waals surface area (Å²) in [5.74, 6) is 0.0889. The molecule has 1 aliphatic heterocycles. The molecule has 0 aliphatic carbocycles. The molecule has 6 heteroatoms. The van der Waals surface area contributed by atoms with Crippen molar-refractivity contribution >= 4 is 17.3 Å². The van der Waals surface area contributed by atoms with Gasteiger partial charge in [-0.05, 0) is 31.0 Å². The van der Waals surface area contributed by atoms with E-state index in [1.54, 1.807) is 11.8 Å². The fraction of sp³-hybridized carbons (Fsp3) is 0.368. The highest BCUT2D eigenvalue weighted by molar-refractivity contribution is 5.97. The summed E-state index contributed by atoms with van der Waals surface area (Å²) in [7, 11) is 2.03. The number of anilines is 2. The summed E-state index contributed by atoms with van der Waals surface area (Å²) < 4.78 is 1.39. The summed E-state index contributed by atoms with van der Waals surface area (Å²) in [5.41, 5.74) is 2.06. The van der Waals surface area contributed by atoms with Crippen LogP contribution in [0.4, 0.5) is 11.4 Å². The summed E-state index contributed by atoms with van der Waals surface area (Å²) in [5, 5.41) is 9.52. The number of fused-ring (bicyclic) bond motifs is 1. The Labute approximate surface area is 146 Å². The summed E-state index contributed by atoms with van der Waals surface area (Å²) in [6.07, 6.45) is 0. The zero-order valence-electron chi connectivity index (χ0n) is 14.8. The molecule has 6 nitrogen and oxygen atoms in total. The molecule has 1 aromatic carbocycles. The molecule has 0 saturated heterocycles. The van der Waals surface area contributed by atoms with Gasteiger partial charge in [0.2, 0.25) is 5.91 Å². The molecule has 132 valence electrons. The molecule has 1 aromatic heterocycles. The van der Waals surface area contributed by atoms with Crippen molar-refractivity contribution in [1.82, 2.24) is 4.57 Å². The first-order chi connectivity index (χ1) is 11.9. The number of rotatable bonds is 2. The van der Waals surface area contributed by atoms with Crippen LogP contribution in [0.15, 0.2) is 41.2 Å². The molecule has 1 atom stereocenters. The Bertz CT molecular complexity index is 859.